The Kier molecular flexibility index (Phi) is 5.59. The molecular weight excluding hydrogens is 404 g/mol. The standard InChI is InChI=1S/C25H28N4O3/c1-16(2)14-29-23(30)19-8-6-7-9-20(19)28(24(29)31)15-21-26-22(27-32-21)17-10-12-18(13-11-17)25(3,4)5/h6-13,16H,14-15H2,1-5H3. The van der Waals surface area contributed by atoms with Crippen molar-refractivity contribution in [3.8, 4) is 11.4 Å². The summed E-state index contributed by atoms with van der Waals surface area (Å²) in [5, 5.41) is 4.59. The number of hydrogen-bond donors (Lipinski definition) is 0. The highest BCUT2D eigenvalue weighted by molar-refractivity contribution is 5.77. The molecule has 0 radical (unpaired) electrons. The van der Waals surface area contributed by atoms with E-state index in [0.29, 0.717) is 29.2 Å². The monoisotopic (exact) mass is 432 g/mol. The Morgan fingerprint density at radius 3 is 2.31 bits per heavy atom. The van der Waals surface area contributed by atoms with Crippen LogP contribution in [0.15, 0.2) is 62.6 Å². The lowest BCUT2D eigenvalue weighted by atomic mass is 9.87. The molecule has 0 saturated carbocycles. The lowest BCUT2D eigenvalue weighted by molar-refractivity contribution is 0.368. The maximum absolute atomic E-state index is 13.2. The summed E-state index contributed by atoms with van der Waals surface area (Å²) in [6.07, 6.45) is 0. The molecule has 0 aliphatic rings. The van der Waals surface area contributed by atoms with Gasteiger partial charge in [-0.1, -0.05) is 76.2 Å². The summed E-state index contributed by atoms with van der Waals surface area (Å²) in [5.74, 6) is 0.927. The van der Waals surface area contributed by atoms with Gasteiger partial charge >= 0.3 is 5.69 Å². The molecule has 0 N–H and O–H groups in total. The van der Waals surface area contributed by atoms with Crippen LogP contribution in [0.4, 0.5) is 0 Å². The second-order valence-corrected chi connectivity index (χ2v) is 9.53. The molecule has 32 heavy (non-hydrogen) atoms. The van der Waals surface area contributed by atoms with Gasteiger partial charge in [-0.15, -0.1) is 0 Å². The van der Waals surface area contributed by atoms with Gasteiger partial charge in [0, 0.05) is 12.1 Å². The largest absolute Gasteiger partial charge is 0.337 e. The van der Waals surface area contributed by atoms with E-state index < -0.39 is 0 Å². The van der Waals surface area contributed by atoms with Crippen molar-refractivity contribution in [2.75, 3.05) is 0 Å². The molecule has 0 bridgehead atoms. The average molecular weight is 433 g/mol. The maximum atomic E-state index is 13.2. The summed E-state index contributed by atoms with van der Waals surface area (Å²) in [4.78, 5) is 30.6. The number of rotatable bonds is 5. The topological polar surface area (TPSA) is 82.9 Å². The van der Waals surface area contributed by atoms with Crippen molar-refractivity contribution >= 4 is 10.9 Å². The van der Waals surface area contributed by atoms with Crippen molar-refractivity contribution in [1.29, 1.82) is 0 Å². The fourth-order valence-electron chi connectivity index (χ4n) is 3.74. The van der Waals surface area contributed by atoms with Gasteiger partial charge in [0.25, 0.3) is 5.56 Å². The van der Waals surface area contributed by atoms with E-state index in [9.17, 15) is 9.59 Å². The molecule has 166 valence electrons. The fourth-order valence-corrected chi connectivity index (χ4v) is 3.74. The van der Waals surface area contributed by atoms with Crippen LogP contribution in [0.25, 0.3) is 22.3 Å². The number of fused-ring (bicyclic) bond motifs is 1. The van der Waals surface area contributed by atoms with Crippen LogP contribution in [-0.2, 0) is 18.5 Å². The highest BCUT2D eigenvalue weighted by Gasteiger charge is 2.18. The number of benzene rings is 2. The first-order chi connectivity index (χ1) is 15.1. The molecule has 0 fully saturated rings. The van der Waals surface area contributed by atoms with Gasteiger partial charge in [-0.25, -0.2) is 4.79 Å². The van der Waals surface area contributed by atoms with E-state index in [2.05, 4.69) is 43.0 Å². The molecule has 2 aromatic heterocycles. The van der Waals surface area contributed by atoms with Crippen LogP contribution in [0, 0.1) is 5.92 Å². The summed E-state index contributed by atoms with van der Waals surface area (Å²) in [6, 6.07) is 15.2. The van der Waals surface area contributed by atoms with Gasteiger partial charge in [-0.3, -0.25) is 13.9 Å². The molecule has 4 rings (SSSR count). The van der Waals surface area contributed by atoms with E-state index in [1.165, 1.54) is 14.7 Å². The molecule has 0 amide bonds. The molecule has 4 aromatic rings. The minimum absolute atomic E-state index is 0.0578. The number of hydrogen-bond acceptors (Lipinski definition) is 5. The van der Waals surface area contributed by atoms with Crippen LogP contribution in [0.1, 0.15) is 46.1 Å². The van der Waals surface area contributed by atoms with Crippen LogP contribution >= 0.6 is 0 Å². The first-order valence-corrected chi connectivity index (χ1v) is 10.8. The predicted molar refractivity (Wildman–Crippen MR) is 125 cm³/mol. The van der Waals surface area contributed by atoms with Gasteiger partial charge < -0.3 is 4.52 Å². The Morgan fingerprint density at radius 1 is 0.969 bits per heavy atom. The second-order valence-electron chi connectivity index (χ2n) is 9.53. The first-order valence-electron chi connectivity index (χ1n) is 10.8. The third-order valence-electron chi connectivity index (χ3n) is 5.45. The Bertz CT molecular complexity index is 1370. The van der Waals surface area contributed by atoms with Crippen LogP contribution in [0.5, 0.6) is 0 Å². The molecule has 0 spiro atoms. The number of aromatic nitrogens is 4. The molecule has 2 heterocycles. The average Bonchev–Trinajstić information content (AvgIpc) is 3.22. The second kappa shape index (κ2) is 8.22. The molecule has 0 aliphatic carbocycles. The van der Waals surface area contributed by atoms with E-state index in [1.54, 1.807) is 24.3 Å². The van der Waals surface area contributed by atoms with Gasteiger partial charge in [-0.2, -0.15) is 4.98 Å². The summed E-state index contributed by atoms with van der Waals surface area (Å²) in [5.41, 5.74) is 2.02. The maximum Gasteiger partial charge on any atom is 0.331 e. The van der Waals surface area contributed by atoms with Gasteiger partial charge in [0.05, 0.1) is 10.9 Å². The van der Waals surface area contributed by atoms with Gasteiger partial charge in [0.1, 0.15) is 6.54 Å². The zero-order valence-electron chi connectivity index (χ0n) is 19.1. The Morgan fingerprint density at radius 2 is 1.66 bits per heavy atom. The normalized spacial score (nSPS) is 12.1. The predicted octanol–water partition coefficient (Wildman–Crippen LogP) is 4.22. The van der Waals surface area contributed by atoms with Crippen molar-refractivity contribution in [3.63, 3.8) is 0 Å². The lowest BCUT2D eigenvalue weighted by Crippen LogP contribution is -2.41. The van der Waals surface area contributed by atoms with E-state index in [4.69, 9.17) is 4.52 Å². The molecule has 0 aliphatic heterocycles. The zero-order valence-corrected chi connectivity index (χ0v) is 19.1. The highest BCUT2D eigenvalue weighted by Crippen LogP contribution is 2.25. The number of nitrogens with zero attached hydrogens (tertiary/aromatic N) is 4. The molecule has 2 aromatic carbocycles. The molecular formula is C25H28N4O3. The SMILES string of the molecule is CC(C)Cn1c(=O)c2ccccc2n(Cc2nc(-c3ccc(C(C)(C)C)cc3)no2)c1=O. The Labute approximate surface area is 186 Å². The quantitative estimate of drug-likeness (QED) is 0.472. The molecule has 0 saturated heterocycles. The van der Waals surface area contributed by atoms with Gasteiger partial charge in [0.2, 0.25) is 11.7 Å². The smallest absolute Gasteiger partial charge is 0.331 e. The molecule has 0 unspecified atom stereocenters. The van der Waals surface area contributed by atoms with Crippen molar-refractivity contribution < 1.29 is 4.52 Å². The fraction of sp³-hybridized carbons (Fsp3) is 0.360. The van der Waals surface area contributed by atoms with Gasteiger partial charge in [0.15, 0.2) is 0 Å². The number of para-hydroxylation sites is 1. The first kappa shape index (κ1) is 21.7. The molecule has 7 heteroatoms. The van der Waals surface area contributed by atoms with Crippen LogP contribution < -0.4 is 11.2 Å². The summed E-state index contributed by atoms with van der Waals surface area (Å²) < 4.78 is 8.28. The third kappa shape index (κ3) is 4.15. The van der Waals surface area contributed by atoms with E-state index in [1.807, 2.05) is 26.0 Å². The van der Waals surface area contributed by atoms with Crippen LogP contribution in [-0.4, -0.2) is 19.3 Å². The minimum Gasteiger partial charge on any atom is -0.337 e. The van der Waals surface area contributed by atoms with Gasteiger partial charge in [-0.05, 0) is 29.0 Å². The Hall–Kier alpha value is -3.48. The lowest BCUT2D eigenvalue weighted by Gasteiger charge is -2.18. The third-order valence-corrected chi connectivity index (χ3v) is 5.45. The van der Waals surface area contributed by atoms with Crippen molar-refractivity contribution in [2.45, 2.75) is 53.1 Å². The van der Waals surface area contributed by atoms with Crippen LogP contribution in [0.3, 0.4) is 0 Å². The molecule has 7 nitrogen and oxygen atoms in total. The highest BCUT2D eigenvalue weighted by atomic mass is 16.5. The summed E-state index contributed by atoms with van der Waals surface area (Å²) >= 11 is 0. The zero-order chi connectivity index (χ0) is 23.0. The molecule has 0 atom stereocenters. The van der Waals surface area contributed by atoms with Crippen molar-refractivity contribution in [1.82, 2.24) is 19.3 Å². The van der Waals surface area contributed by atoms with E-state index >= 15 is 0 Å². The van der Waals surface area contributed by atoms with Crippen LogP contribution in [0.2, 0.25) is 0 Å². The summed E-state index contributed by atoms with van der Waals surface area (Å²) in [7, 11) is 0. The summed E-state index contributed by atoms with van der Waals surface area (Å²) in [6.45, 7) is 10.9. The Balaban J connectivity index is 1.73. The van der Waals surface area contributed by atoms with E-state index in [0.717, 1.165) is 5.56 Å². The van der Waals surface area contributed by atoms with E-state index in [-0.39, 0.29) is 29.1 Å². The minimum atomic E-state index is -0.378. The van der Waals surface area contributed by atoms with Crippen molar-refractivity contribution in [2.24, 2.45) is 5.92 Å². The van der Waals surface area contributed by atoms with Crippen molar-refractivity contribution in [3.05, 3.63) is 80.8 Å².